The van der Waals surface area contributed by atoms with Crippen LogP contribution in [0.2, 0.25) is 0 Å². The molecule has 0 bridgehead atoms. The summed E-state index contributed by atoms with van der Waals surface area (Å²) in [5.74, 6) is -0.296. The summed E-state index contributed by atoms with van der Waals surface area (Å²) in [6.07, 6.45) is 1.47. The van der Waals surface area contributed by atoms with E-state index in [9.17, 15) is 4.39 Å². The first kappa shape index (κ1) is 12.7. The molecule has 0 atom stereocenters. The van der Waals surface area contributed by atoms with Gasteiger partial charge in [0.1, 0.15) is 12.1 Å². The zero-order valence-corrected chi connectivity index (χ0v) is 11.6. The van der Waals surface area contributed by atoms with Gasteiger partial charge in [-0.3, -0.25) is 0 Å². The Hall–Kier alpha value is -2.28. The van der Waals surface area contributed by atoms with Crippen molar-refractivity contribution < 1.29 is 4.39 Å². The zero-order chi connectivity index (χ0) is 13.9. The van der Waals surface area contributed by atoms with Gasteiger partial charge in [-0.15, -0.1) is 16.4 Å². The molecule has 3 rings (SSSR count). The molecule has 2 heterocycles. The van der Waals surface area contributed by atoms with Crippen molar-refractivity contribution in [2.24, 2.45) is 0 Å². The van der Waals surface area contributed by atoms with Gasteiger partial charge >= 0.3 is 0 Å². The molecule has 0 aliphatic heterocycles. The van der Waals surface area contributed by atoms with Crippen LogP contribution in [0.15, 0.2) is 36.7 Å². The van der Waals surface area contributed by atoms with Gasteiger partial charge in [0, 0.05) is 16.3 Å². The second kappa shape index (κ2) is 5.38. The van der Waals surface area contributed by atoms with Crippen LogP contribution in [-0.4, -0.2) is 20.2 Å². The van der Waals surface area contributed by atoms with Gasteiger partial charge in [-0.25, -0.2) is 9.07 Å². The first-order valence-corrected chi connectivity index (χ1v) is 6.86. The molecular weight excluding hydrogens is 277 g/mol. The Morgan fingerprint density at radius 3 is 2.90 bits per heavy atom. The van der Waals surface area contributed by atoms with Gasteiger partial charge in [0.05, 0.1) is 11.4 Å². The van der Waals surface area contributed by atoms with Crippen molar-refractivity contribution >= 4 is 17.0 Å². The Bertz CT molecular complexity index is 707. The van der Waals surface area contributed by atoms with Crippen LogP contribution in [0.1, 0.15) is 9.75 Å². The minimum absolute atomic E-state index is 0.296. The topological polar surface area (TPSA) is 55.6 Å². The zero-order valence-electron chi connectivity index (χ0n) is 10.7. The highest BCUT2D eigenvalue weighted by molar-refractivity contribution is 7.11. The van der Waals surface area contributed by atoms with Crippen molar-refractivity contribution in [1.82, 2.24) is 20.2 Å². The van der Waals surface area contributed by atoms with Crippen LogP contribution < -0.4 is 5.32 Å². The summed E-state index contributed by atoms with van der Waals surface area (Å²) in [5, 5.41) is 14.0. The SMILES string of the molecule is Cc1ccc(CNc2cc(-n3cnnn3)ccc2F)s1. The summed E-state index contributed by atoms with van der Waals surface area (Å²) in [5.41, 5.74) is 1.14. The molecule has 5 nitrogen and oxygen atoms in total. The van der Waals surface area contributed by atoms with E-state index in [1.54, 1.807) is 23.5 Å². The first-order valence-electron chi connectivity index (χ1n) is 6.04. The highest BCUT2D eigenvalue weighted by Crippen LogP contribution is 2.21. The highest BCUT2D eigenvalue weighted by Gasteiger charge is 2.06. The summed E-state index contributed by atoms with van der Waals surface area (Å²) in [7, 11) is 0. The number of tetrazole rings is 1. The Kier molecular flexibility index (Phi) is 3.42. The van der Waals surface area contributed by atoms with Crippen LogP contribution in [-0.2, 0) is 6.54 Å². The highest BCUT2D eigenvalue weighted by atomic mass is 32.1. The van der Waals surface area contributed by atoms with Crippen LogP contribution in [0, 0.1) is 12.7 Å². The molecule has 0 amide bonds. The normalized spacial score (nSPS) is 10.7. The predicted molar refractivity (Wildman–Crippen MR) is 75.5 cm³/mol. The lowest BCUT2D eigenvalue weighted by molar-refractivity contribution is 0.629. The largest absolute Gasteiger partial charge is 0.378 e. The van der Waals surface area contributed by atoms with Crippen molar-refractivity contribution in [2.45, 2.75) is 13.5 Å². The van der Waals surface area contributed by atoms with Crippen LogP contribution >= 0.6 is 11.3 Å². The van der Waals surface area contributed by atoms with Gasteiger partial charge in [-0.2, -0.15) is 0 Å². The molecule has 1 aromatic carbocycles. The number of hydrogen-bond acceptors (Lipinski definition) is 5. The maximum atomic E-state index is 13.8. The molecular formula is C13H12FN5S. The Morgan fingerprint density at radius 2 is 2.20 bits per heavy atom. The van der Waals surface area contributed by atoms with Crippen LogP contribution in [0.4, 0.5) is 10.1 Å². The second-order valence-corrected chi connectivity index (χ2v) is 5.66. The number of thiophene rings is 1. The van der Waals surface area contributed by atoms with Gasteiger partial charge in [-0.1, -0.05) is 0 Å². The Morgan fingerprint density at radius 1 is 1.30 bits per heavy atom. The van der Waals surface area contributed by atoms with Crippen molar-refractivity contribution in [1.29, 1.82) is 0 Å². The third kappa shape index (κ3) is 2.67. The summed E-state index contributed by atoms with van der Waals surface area (Å²) in [6, 6.07) is 8.81. The van der Waals surface area contributed by atoms with Crippen molar-refractivity contribution in [3.8, 4) is 5.69 Å². The maximum Gasteiger partial charge on any atom is 0.146 e. The van der Waals surface area contributed by atoms with E-state index in [1.807, 2.05) is 13.0 Å². The molecule has 1 N–H and O–H groups in total. The number of anilines is 1. The number of aryl methyl sites for hydroxylation is 1. The van der Waals surface area contributed by atoms with Crippen molar-refractivity contribution in [3.63, 3.8) is 0 Å². The number of nitrogens with one attached hydrogen (secondary N) is 1. The summed E-state index contributed by atoms with van der Waals surface area (Å²) in [4.78, 5) is 2.40. The lowest BCUT2D eigenvalue weighted by Gasteiger charge is -2.08. The minimum atomic E-state index is -0.296. The van der Waals surface area contributed by atoms with E-state index in [0.717, 1.165) is 4.88 Å². The molecule has 0 saturated carbocycles. The van der Waals surface area contributed by atoms with Crippen molar-refractivity contribution in [2.75, 3.05) is 5.32 Å². The van der Waals surface area contributed by atoms with Gasteiger partial charge in [0.2, 0.25) is 0 Å². The maximum absolute atomic E-state index is 13.8. The summed E-state index contributed by atoms with van der Waals surface area (Å²) in [6.45, 7) is 2.64. The standard InChI is InChI=1S/C13H12FN5S/c1-9-2-4-11(20-9)7-15-13-6-10(3-5-12(13)14)19-8-16-17-18-19/h2-6,8,15H,7H2,1H3. The second-order valence-electron chi connectivity index (χ2n) is 4.28. The van der Waals surface area contributed by atoms with Gasteiger partial charge in [0.15, 0.2) is 0 Å². The quantitative estimate of drug-likeness (QED) is 0.802. The average molecular weight is 289 g/mol. The Labute approximate surface area is 119 Å². The minimum Gasteiger partial charge on any atom is -0.378 e. The van der Waals surface area contributed by atoms with Gasteiger partial charge in [-0.05, 0) is 47.7 Å². The lowest BCUT2D eigenvalue weighted by Crippen LogP contribution is -2.02. The van der Waals surface area contributed by atoms with Crippen LogP contribution in [0.5, 0.6) is 0 Å². The number of hydrogen-bond donors (Lipinski definition) is 1. The van der Waals surface area contributed by atoms with E-state index in [-0.39, 0.29) is 5.82 Å². The lowest BCUT2D eigenvalue weighted by atomic mass is 10.2. The van der Waals surface area contributed by atoms with Crippen LogP contribution in [0.3, 0.4) is 0 Å². The molecule has 0 saturated heterocycles. The number of nitrogens with zero attached hydrogens (tertiary/aromatic N) is 4. The molecule has 3 aromatic rings. The molecule has 0 unspecified atom stereocenters. The molecule has 20 heavy (non-hydrogen) atoms. The molecule has 0 fully saturated rings. The Balaban J connectivity index is 1.80. The summed E-state index contributed by atoms with van der Waals surface area (Å²) < 4.78 is 15.3. The fraction of sp³-hybridized carbons (Fsp3) is 0.154. The molecule has 7 heteroatoms. The van der Waals surface area contributed by atoms with E-state index in [4.69, 9.17) is 0 Å². The third-order valence-electron chi connectivity index (χ3n) is 2.81. The number of aromatic nitrogens is 4. The van der Waals surface area contributed by atoms with E-state index in [2.05, 4.69) is 26.9 Å². The molecule has 102 valence electrons. The van der Waals surface area contributed by atoms with Crippen LogP contribution in [0.25, 0.3) is 5.69 Å². The van der Waals surface area contributed by atoms with E-state index < -0.39 is 0 Å². The fourth-order valence-corrected chi connectivity index (χ4v) is 2.66. The first-order chi connectivity index (χ1) is 9.72. The fourth-order valence-electron chi connectivity index (χ4n) is 1.83. The number of benzene rings is 1. The van der Waals surface area contributed by atoms with E-state index in [1.165, 1.54) is 22.0 Å². The van der Waals surface area contributed by atoms with E-state index in [0.29, 0.717) is 17.9 Å². The molecule has 0 radical (unpaired) electrons. The smallest absolute Gasteiger partial charge is 0.146 e. The molecule has 0 spiro atoms. The number of halogens is 1. The predicted octanol–water partition coefficient (Wildman–Crippen LogP) is 2.78. The van der Waals surface area contributed by atoms with Gasteiger partial charge < -0.3 is 5.32 Å². The third-order valence-corrected chi connectivity index (χ3v) is 3.81. The van der Waals surface area contributed by atoms with E-state index >= 15 is 0 Å². The molecule has 0 aliphatic carbocycles. The van der Waals surface area contributed by atoms with Crippen molar-refractivity contribution in [3.05, 3.63) is 52.2 Å². The summed E-state index contributed by atoms with van der Waals surface area (Å²) >= 11 is 1.69. The molecule has 0 aliphatic rings. The van der Waals surface area contributed by atoms with Gasteiger partial charge in [0.25, 0.3) is 0 Å². The average Bonchev–Trinajstić information content (AvgIpc) is 3.09. The monoisotopic (exact) mass is 289 g/mol. The molecule has 2 aromatic heterocycles. The number of rotatable bonds is 4.